The highest BCUT2D eigenvalue weighted by molar-refractivity contribution is 7.14. The van der Waals surface area contributed by atoms with Crippen molar-refractivity contribution >= 4 is 50.8 Å². The summed E-state index contributed by atoms with van der Waals surface area (Å²) in [7, 11) is 0. The van der Waals surface area contributed by atoms with Crippen LogP contribution in [0.1, 0.15) is 12.5 Å². The van der Waals surface area contributed by atoms with Crippen LogP contribution in [0, 0.1) is 0 Å². The number of para-hydroxylation sites is 2. The van der Waals surface area contributed by atoms with Crippen LogP contribution in [0.3, 0.4) is 0 Å². The molecular weight excluding hydrogens is 394 g/mol. The van der Waals surface area contributed by atoms with Crippen LogP contribution in [0.25, 0.3) is 22.3 Å². The molecular formula is C20H16ClN5OS. The maximum atomic E-state index is 11.0. The van der Waals surface area contributed by atoms with E-state index in [0.717, 1.165) is 27.9 Å². The SMILES string of the molecule is CC(=O)NCc1ccc(-c2csc(Nc3nc4ccccc4nc3Cl)n2)cc1. The molecule has 0 saturated carbocycles. The normalized spacial score (nSPS) is 10.8. The molecule has 0 aliphatic carbocycles. The molecule has 2 N–H and O–H groups in total. The van der Waals surface area contributed by atoms with Gasteiger partial charge in [-0.15, -0.1) is 11.3 Å². The number of hydrogen-bond acceptors (Lipinski definition) is 6. The second kappa shape index (κ2) is 7.92. The molecule has 6 nitrogen and oxygen atoms in total. The number of carbonyl (C=O) groups excluding carboxylic acids is 1. The number of anilines is 2. The van der Waals surface area contributed by atoms with Crippen LogP contribution in [0.5, 0.6) is 0 Å². The van der Waals surface area contributed by atoms with Gasteiger partial charge in [0.2, 0.25) is 5.91 Å². The number of nitrogens with one attached hydrogen (secondary N) is 2. The van der Waals surface area contributed by atoms with Gasteiger partial charge in [0.05, 0.1) is 16.7 Å². The first kappa shape index (κ1) is 18.3. The number of thiazole rings is 1. The van der Waals surface area contributed by atoms with E-state index in [1.54, 1.807) is 0 Å². The second-order valence-corrected chi connectivity index (χ2v) is 7.34. The lowest BCUT2D eigenvalue weighted by Crippen LogP contribution is -2.18. The van der Waals surface area contributed by atoms with E-state index in [1.807, 2.05) is 53.9 Å². The van der Waals surface area contributed by atoms with Gasteiger partial charge in [0.25, 0.3) is 0 Å². The van der Waals surface area contributed by atoms with Gasteiger partial charge in [-0.05, 0) is 17.7 Å². The van der Waals surface area contributed by atoms with Crippen molar-refractivity contribution in [1.82, 2.24) is 20.3 Å². The average Bonchev–Trinajstić information content (AvgIpc) is 3.16. The number of hydrogen-bond donors (Lipinski definition) is 2. The first-order chi connectivity index (χ1) is 13.6. The second-order valence-electron chi connectivity index (χ2n) is 6.12. The molecule has 0 radical (unpaired) electrons. The van der Waals surface area contributed by atoms with Crippen LogP contribution in [0.2, 0.25) is 5.15 Å². The van der Waals surface area contributed by atoms with Crippen LogP contribution < -0.4 is 10.6 Å². The molecule has 0 aliphatic rings. The van der Waals surface area contributed by atoms with E-state index in [9.17, 15) is 4.79 Å². The topological polar surface area (TPSA) is 79.8 Å². The largest absolute Gasteiger partial charge is 0.352 e. The van der Waals surface area contributed by atoms with Gasteiger partial charge in [-0.3, -0.25) is 4.79 Å². The molecule has 0 atom stereocenters. The first-order valence-corrected chi connectivity index (χ1v) is 9.83. The molecule has 28 heavy (non-hydrogen) atoms. The predicted octanol–water partition coefficient (Wildman–Crippen LogP) is 4.79. The molecule has 2 aromatic heterocycles. The number of aromatic nitrogens is 3. The average molecular weight is 410 g/mol. The third-order valence-corrected chi connectivity index (χ3v) is 5.07. The van der Waals surface area contributed by atoms with Gasteiger partial charge in [0, 0.05) is 24.4 Å². The van der Waals surface area contributed by atoms with E-state index in [1.165, 1.54) is 18.3 Å². The van der Waals surface area contributed by atoms with Crippen molar-refractivity contribution in [2.75, 3.05) is 5.32 Å². The summed E-state index contributed by atoms with van der Waals surface area (Å²) in [4.78, 5) is 24.5. The van der Waals surface area contributed by atoms with Crippen molar-refractivity contribution in [3.05, 3.63) is 64.6 Å². The highest BCUT2D eigenvalue weighted by Crippen LogP contribution is 2.29. The van der Waals surface area contributed by atoms with Gasteiger partial charge < -0.3 is 10.6 Å². The molecule has 0 saturated heterocycles. The lowest BCUT2D eigenvalue weighted by Gasteiger charge is -2.05. The molecule has 4 rings (SSSR count). The molecule has 8 heteroatoms. The maximum Gasteiger partial charge on any atom is 0.217 e. The van der Waals surface area contributed by atoms with E-state index < -0.39 is 0 Å². The molecule has 4 aromatic rings. The Kier molecular flexibility index (Phi) is 5.18. The monoisotopic (exact) mass is 409 g/mol. The first-order valence-electron chi connectivity index (χ1n) is 8.57. The molecule has 2 heterocycles. The van der Waals surface area contributed by atoms with Gasteiger partial charge in [-0.2, -0.15) is 0 Å². The molecule has 0 bridgehead atoms. The minimum absolute atomic E-state index is 0.0465. The fraction of sp³-hybridized carbons (Fsp3) is 0.100. The standard InChI is InChI=1S/C20H16ClN5OS/c1-12(27)22-10-13-6-8-14(9-7-13)17-11-28-20(25-17)26-19-18(21)23-15-4-2-3-5-16(15)24-19/h2-9,11H,10H2,1H3,(H,22,27)(H,24,25,26). The number of fused-ring (bicyclic) bond motifs is 1. The van der Waals surface area contributed by atoms with Gasteiger partial charge in [-0.1, -0.05) is 48.0 Å². The minimum Gasteiger partial charge on any atom is -0.352 e. The van der Waals surface area contributed by atoms with E-state index in [-0.39, 0.29) is 5.91 Å². The number of rotatable bonds is 5. The summed E-state index contributed by atoms with van der Waals surface area (Å²) in [5.41, 5.74) is 4.39. The third-order valence-electron chi connectivity index (χ3n) is 4.05. The Bertz CT molecular complexity index is 1140. The lowest BCUT2D eigenvalue weighted by molar-refractivity contribution is -0.119. The fourth-order valence-corrected chi connectivity index (χ4v) is 3.54. The fourth-order valence-electron chi connectivity index (χ4n) is 2.64. The summed E-state index contributed by atoms with van der Waals surface area (Å²) in [6.07, 6.45) is 0. The molecule has 0 fully saturated rings. The van der Waals surface area contributed by atoms with E-state index in [0.29, 0.717) is 22.6 Å². The summed E-state index contributed by atoms with van der Waals surface area (Å²) in [6.45, 7) is 2.02. The zero-order valence-electron chi connectivity index (χ0n) is 14.9. The Morgan fingerprint density at radius 3 is 2.46 bits per heavy atom. The zero-order chi connectivity index (χ0) is 19.5. The number of benzene rings is 2. The summed E-state index contributed by atoms with van der Waals surface area (Å²) < 4.78 is 0. The smallest absolute Gasteiger partial charge is 0.217 e. The van der Waals surface area contributed by atoms with Crippen molar-refractivity contribution in [1.29, 1.82) is 0 Å². The van der Waals surface area contributed by atoms with E-state index in [4.69, 9.17) is 11.6 Å². The Hall–Kier alpha value is -3.03. The predicted molar refractivity (Wildman–Crippen MR) is 113 cm³/mol. The maximum absolute atomic E-state index is 11.0. The van der Waals surface area contributed by atoms with E-state index >= 15 is 0 Å². The summed E-state index contributed by atoms with van der Waals surface area (Å²) in [5.74, 6) is 0.432. The molecule has 2 aromatic carbocycles. The van der Waals surface area contributed by atoms with Crippen molar-refractivity contribution in [2.24, 2.45) is 0 Å². The number of amides is 1. The van der Waals surface area contributed by atoms with Crippen molar-refractivity contribution in [3.8, 4) is 11.3 Å². The Morgan fingerprint density at radius 2 is 1.75 bits per heavy atom. The van der Waals surface area contributed by atoms with E-state index in [2.05, 4.69) is 25.6 Å². The van der Waals surface area contributed by atoms with Gasteiger partial charge in [0.1, 0.15) is 0 Å². The summed E-state index contributed by atoms with van der Waals surface area (Å²) >= 11 is 7.72. The van der Waals surface area contributed by atoms with Crippen molar-refractivity contribution in [3.63, 3.8) is 0 Å². The van der Waals surface area contributed by atoms with Crippen LogP contribution >= 0.6 is 22.9 Å². The van der Waals surface area contributed by atoms with Crippen LogP contribution in [-0.2, 0) is 11.3 Å². The van der Waals surface area contributed by atoms with Crippen LogP contribution in [0.4, 0.5) is 10.9 Å². The number of halogens is 1. The van der Waals surface area contributed by atoms with Gasteiger partial charge in [0.15, 0.2) is 16.1 Å². The molecule has 140 valence electrons. The van der Waals surface area contributed by atoms with Crippen molar-refractivity contribution < 1.29 is 4.79 Å². The molecule has 1 amide bonds. The highest BCUT2D eigenvalue weighted by Gasteiger charge is 2.10. The van der Waals surface area contributed by atoms with Crippen molar-refractivity contribution in [2.45, 2.75) is 13.5 Å². The minimum atomic E-state index is -0.0465. The summed E-state index contributed by atoms with van der Waals surface area (Å²) in [6, 6.07) is 15.5. The Labute approximate surface area is 170 Å². The molecule has 0 unspecified atom stereocenters. The quantitative estimate of drug-likeness (QED) is 0.495. The highest BCUT2D eigenvalue weighted by atomic mass is 35.5. The Morgan fingerprint density at radius 1 is 1.04 bits per heavy atom. The summed E-state index contributed by atoms with van der Waals surface area (Å²) in [5, 5.41) is 8.89. The van der Waals surface area contributed by atoms with Crippen LogP contribution in [0.15, 0.2) is 53.9 Å². The number of carbonyl (C=O) groups is 1. The molecule has 0 spiro atoms. The zero-order valence-corrected chi connectivity index (χ0v) is 16.5. The Balaban J connectivity index is 1.52. The number of nitrogens with zero attached hydrogens (tertiary/aromatic N) is 3. The van der Waals surface area contributed by atoms with Gasteiger partial charge >= 0.3 is 0 Å². The van der Waals surface area contributed by atoms with Crippen LogP contribution in [-0.4, -0.2) is 20.9 Å². The molecule has 0 aliphatic heterocycles. The third kappa shape index (κ3) is 4.11. The lowest BCUT2D eigenvalue weighted by atomic mass is 10.1. The van der Waals surface area contributed by atoms with Gasteiger partial charge in [-0.25, -0.2) is 15.0 Å².